The van der Waals surface area contributed by atoms with Gasteiger partial charge in [0.05, 0.1) is 4.45 Å². The fourth-order valence-corrected chi connectivity index (χ4v) is 1.30. The molecule has 58 valence electrons. The largest absolute Gasteiger partial charge is 0.355 e. The summed E-state index contributed by atoms with van der Waals surface area (Å²) in [6, 6.07) is 5.87. The van der Waals surface area contributed by atoms with Crippen molar-refractivity contribution in [1.29, 1.82) is 0 Å². The van der Waals surface area contributed by atoms with Crippen LogP contribution in [0.3, 0.4) is 0 Å². The topological polar surface area (TPSA) is 24.9 Å². The predicted molar refractivity (Wildman–Crippen MR) is 48.8 cm³/mol. The van der Waals surface area contributed by atoms with Gasteiger partial charge in [0, 0.05) is 6.20 Å². The van der Waals surface area contributed by atoms with E-state index in [-0.39, 0.29) is 4.45 Å². The van der Waals surface area contributed by atoms with Crippen LogP contribution in [-0.4, -0.2) is 9.43 Å². The Morgan fingerprint density at radius 2 is 2.27 bits per heavy atom. The molecule has 11 heavy (non-hydrogen) atoms. The summed E-state index contributed by atoms with van der Waals surface area (Å²) >= 11 is 3.58. The van der Waals surface area contributed by atoms with Gasteiger partial charge in [0.1, 0.15) is 5.82 Å². The number of alkyl halides is 1. The SMILES string of the molecule is BrC1(Nc2ccccn2)CC1. The minimum atomic E-state index is 0.154. The Balaban J connectivity index is 2.07. The number of hydrogen-bond acceptors (Lipinski definition) is 2. The van der Waals surface area contributed by atoms with E-state index in [1.807, 2.05) is 18.2 Å². The lowest BCUT2D eigenvalue weighted by molar-refractivity contribution is 1.06. The first-order valence-corrected chi connectivity index (χ1v) is 4.46. The molecule has 1 aliphatic rings. The summed E-state index contributed by atoms with van der Waals surface area (Å²) in [6.45, 7) is 0. The maximum Gasteiger partial charge on any atom is 0.126 e. The van der Waals surface area contributed by atoms with Crippen LogP contribution in [0.1, 0.15) is 12.8 Å². The fourth-order valence-electron chi connectivity index (χ4n) is 0.901. The number of nitrogens with one attached hydrogen (secondary N) is 1. The second-order valence-corrected chi connectivity index (χ2v) is 4.32. The Bertz CT molecular complexity index is 244. The van der Waals surface area contributed by atoms with E-state index in [0.29, 0.717) is 0 Å². The fraction of sp³-hybridized carbons (Fsp3) is 0.375. The first-order chi connectivity index (χ1) is 5.29. The van der Waals surface area contributed by atoms with Gasteiger partial charge >= 0.3 is 0 Å². The summed E-state index contributed by atoms with van der Waals surface area (Å²) < 4.78 is 0.154. The molecule has 2 rings (SSSR count). The molecule has 0 aromatic carbocycles. The van der Waals surface area contributed by atoms with Crippen LogP contribution in [-0.2, 0) is 0 Å². The van der Waals surface area contributed by atoms with Gasteiger partial charge < -0.3 is 5.32 Å². The molecule has 2 nitrogen and oxygen atoms in total. The lowest BCUT2D eigenvalue weighted by atomic mass is 10.4. The molecule has 0 radical (unpaired) electrons. The van der Waals surface area contributed by atoms with Crippen molar-refractivity contribution in [3.63, 3.8) is 0 Å². The van der Waals surface area contributed by atoms with Crippen molar-refractivity contribution >= 4 is 21.7 Å². The third-order valence-corrected chi connectivity index (χ3v) is 2.70. The minimum absolute atomic E-state index is 0.154. The van der Waals surface area contributed by atoms with Crippen LogP contribution in [0, 0.1) is 0 Å². The molecule has 1 aromatic rings. The van der Waals surface area contributed by atoms with Gasteiger partial charge in [0.25, 0.3) is 0 Å². The molecule has 0 unspecified atom stereocenters. The molecule has 0 amide bonds. The lowest BCUT2D eigenvalue weighted by Crippen LogP contribution is -2.12. The van der Waals surface area contributed by atoms with E-state index in [2.05, 4.69) is 26.2 Å². The molecule has 1 fully saturated rings. The first-order valence-electron chi connectivity index (χ1n) is 3.67. The quantitative estimate of drug-likeness (QED) is 0.602. The minimum Gasteiger partial charge on any atom is -0.355 e. The van der Waals surface area contributed by atoms with Gasteiger partial charge in [-0.05, 0) is 25.0 Å². The van der Waals surface area contributed by atoms with Crippen LogP contribution in [0.25, 0.3) is 0 Å². The highest BCUT2D eigenvalue weighted by Gasteiger charge is 2.39. The van der Waals surface area contributed by atoms with Crippen molar-refractivity contribution < 1.29 is 0 Å². The molecule has 0 saturated heterocycles. The van der Waals surface area contributed by atoms with E-state index in [1.165, 1.54) is 12.8 Å². The van der Waals surface area contributed by atoms with Gasteiger partial charge in [-0.25, -0.2) is 4.98 Å². The summed E-state index contributed by atoms with van der Waals surface area (Å²) in [4.78, 5) is 4.16. The van der Waals surface area contributed by atoms with E-state index in [9.17, 15) is 0 Å². The monoisotopic (exact) mass is 212 g/mol. The molecule has 1 N–H and O–H groups in total. The average Bonchev–Trinajstić information content (AvgIpc) is 2.70. The van der Waals surface area contributed by atoms with Crippen LogP contribution in [0.4, 0.5) is 5.82 Å². The third-order valence-electron chi connectivity index (χ3n) is 1.71. The Hall–Kier alpha value is -0.570. The zero-order valence-electron chi connectivity index (χ0n) is 6.05. The van der Waals surface area contributed by atoms with Gasteiger partial charge in [-0.2, -0.15) is 0 Å². The predicted octanol–water partition coefficient (Wildman–Crippen LogP) is 2.38. The van der Waals surface area contributed by atoms with E-state index < -0.39 is 0 Å². The lowest BCUT2D eigenvalue weighted by Gasteiger charge is -2.08. The Morgan fingerprint density at radius 3 is 2.82 bits per heavy atom. The molecule has 1 aliphatic carbocycles. The molecule has 0 atom stereocenters. The standard InChI is InChI=1S/C8H9BrN2/c9-8(4-5-8)11-7-3-1-2-6-10-7/h1-3,6H,4-5H2,(H,10,11). The van der Waals surface area contributed by atoms with Crippen LogP contribution < -0.4 is 5.32 Å². The number of rotatable bonds is 2. The van der Waals surface area contributed by atoms with Crippen LogP contribution in [0.5, 0.6) is 0 Å². The molecule has 1 heterocycles. The van der Waals surface area contributed by atoms with Crippen molar-refractivity contribution in [2.75, 3.05) is 5.32 Å². The summed E-state index contributed by atoms with van der Waals surface area (Å²) in [7, 11) is 0. The summed E-state index contributed by atoms with van der Waals surface area (Å²) in [5, 5.41) is 3.30. The van der Waals surface area contributed by atoms with Gasteiger partial charge in [-0.1, -0.05) is 22.0 Å². The van der Waals surface area contributed by atoms with Crippen molar-refractivity contribution in [3.8, 4) is 0 Å². The van der Waals surface area contributed by atoms with Crippen molar-refractivity contribution in [1.82, 2.24) is 4.98 Å². The van der Waals surface area contributed by atoms with Gasteiger partial charge in [0.2, 0.25) is 0 Å². The van der Waals surface area contributed by atoms with Crippen LogP contribution in [0.15, 0.2) is 24.4 Å². The number of hydrogen-bond donors (Lipinski definition) is 1. The van der Waals surface area contributed by atoms with Crippen LogP contribution >= 0.6 is 15.9 Å². The smallest absolute Gasteiger partial charge is 0.126 e. The first kappa shape index (κ1) is 7.10. The van der Waals surface area contributed by atoms with Crippen molar-refractivity contribution in [3.05, 3.63) is 24.4 Å². The molecular formula is C8H9BrN2. The zero-order valence-corrected chi connectivity index (χ0v) is 7.63. The summed E-state index contributed by atoms with van der Waals surface area (Å²) in [6.07, 6.45) is 4.16. The third kappa shape index (κ3) is 1.71. The van der Waals surface area contributed by atoms with Gasteiger partial charge in [-0.3, -0.25) is 0 Å². The Labute approximate surface area is 74.2 Å². The second kappa shape index (κ2) is 2.48. The number of halogens is 1. The molecule has 1 saturated carbocycles. The van der Waals surface area contributed by atoms with E-state index in [0.717, 1.165) is 5.82 Å². The molecule has 1 aromatic heterocycles. The maximum atomic E-state index is 4.16. The number of anilines is 1. The summed E-state index contributed by atoms with van der Waals surface area (Å²) in [5.41, 5.74) is 0. The number of pyridine rings is 1. The normalized spacial score (nSPS) is 19.4. The Morgan fingerprint density at radius 1 is 1.45 bits per heavy atom. The highest BCUT2D eigenvalue weighted by atomic mass is 79.9. The van der Waals surface area contributed by atoms with E-state index in [1.54, 1.807) is 6.20 Å². The molecule has 0 aliphatic heterocycles. The molecule has 0 spiro atoms. The second-order valence-electron chi connectivity index (χ2n) is 2.81. The maximum absolute atomic E-state index is 4.16. The molecular weight excluding hydrogens is 204 g/mol. The highest BCUT2D eigenvalue weighted by molar-refractivity contribution is 9.10. The van der Waals surface area contributed by atoms with E-state index >= 15 is 0 Å². The number of aromatic nitrogens is 1. The zero-order chi connectivity index (χ0) is 7.73. The van der Waals surface area contributed by atoms with E-state index in [4.69, 9.17) is 0 Å². The van der Waals surface area contributed by atoms with Crippen molar-refractivity contribution in [2.45, 2.75) is 17.3 Å². The van der Waals surface area contributed by atoms with Crippen molar-refractivity contribution in [2.24, 2.45) is 0 Å². The number of nitrogens with zero attached hydrogens (tertiary/aromatic N) is 1. The van der Waals surface area contributed by atoms with Gasteiger partial charge in [-0.15, -0.1) is 0 Å². The summed E-state index contributed by atoms with van der Waals surface area (Å²) in [5.74, 6) is 0.946. The average molecular weight is 213 g/mol. The van der Waals surface area contributed by atoms with Gasteiger partial charge in [0.15, 0.2) is 0 Å². The molecule has 0 bridgehead atoms. The van der Waals surface area contributed by atoms with Crippen LogP contribution in [0.2, 0.25) is 0 Å². The highest BCUT2D eigenvalue weighted by Crippen LogP contribution is 2.44. The molecule has 3 heteroatoms. The Kier molecular flexibility index (Phi) is 1.60.